The summed E-state index contributed by atoms with van der Waals surface area (Å²) in [5, 5.41) is 14.4. The first-order valence-electron chi connectivity index (χ1n) is 8.39. The van der Waals surface area contributed by atoms with E-state index in [0.717, 1.165) is 30.9 Å². The van der Waals surface area contributed by atoms with Gasteiger partial charge in [-0.1, -0.05) is 13.0 Å². The average Bonchev–Trinajstić information content (AvgIpc) is 3.07. The molecule has 0 unspecified atom stereocenters. The van der Waals surface area contributed by atoms with Crippen LogP contribution in [0.4, 0.5) is 4.39 Å². The number of benzene rings is 1. The summed E-state index contributed by atoms with van der Waals surface area (Å²) < 4.78 is 20.7. The quantitative estimate of drug-likeness (QED) is 0.348. The monoisotopic (exact) mass is 476 g/mol. The molecule has 0 spiro atoms. The number of ether oxygens (including phenoxy) is 1. The molecule has 0 bridgehead atoms. The normalized spacial score (nSPS) is 11.0. The van der Waals surface area contributed by atoms with E-state index in [9.17, 15) is 4.39 Å². The zero-order valence-corrected chi connectivity index (χ0v) is 17.7. The number of nitrogens with one attached hydrogen (secondary N) is 2. The van der Waals surface area contributed by atoms with Crippen LogP contribution < -0.4 is 15.4 Å². The summed E-state index contributed by atoms with van der Waals surface area (Å²) in [6.45, 7) is 6.61. The predicted molar refractivity (Wildman–Crippen MR) is 111 cm³/mol. The SMILES string of the molecule is CCNC(=NCc1ccc(OC)c(F)c1)NCCn1cnnc1CC.I. The standard InChI is InChI=1S/C17H25FN6O.HI/c1-4-16-23-22-12-24(16)9-8-20-17(19-5-2)21-11-13-6-7-15(25-3)14(18)10-13;/h6-7,10,12H,4-5,8-9,11H2,1-3H3,(H2,19,20,21);1H. The summed E-state index contributed by atoms with van der Waals surface area (Å²) in [6.07, 6.45) is 2.57. The van der Waals surface area contributed by atoms with Gasteiger partial charge in [-0.15, -0.1) is 34.2 Å². The predicted octanol–water partition coefficient (Wildman–Crippen LogP) is 2.36. The molecule has 9 heteroatoms. The van der Waals surface area contributed by atoms with Crippen molar-refractivity contribution in [3.8, 4) is 5.75 Å². The Kier molecular flexibility index (Phi) is 9.92. The number of hydrogen-bond donors (Lipinski definition) is 2. The molecule has 0 saturated heterocycles. The van der Waals surface area contributed by atoms with Crippen LogP contribution in [0.2, 0.25) is 0 Å². The lowest BCUT2D eigenvalue weighted by Gasteiger charge is -2.12. The van der Waals surface area contributed by atoms with E-state index in [1.807, 2.05) is 18.4 Å². The first-order chi connectivity index (χ1) is 12.2. The number of hydrogen-bond acceptors (Lipinski definition) is 4. The molecule has 0 atom stereocenters. The van der Waals surface area contributed by atoms with E-state index >= 15 is 0 Å². The molecular weight excluding hydrogens is 450 g/mol. The number of nitrogens with zero attached hydrogens (tertiary/aromatic N) is 4. The van der Waals surface area contributed by atoms with Gasteiger partial charge in [0.2, 0.25) is 0 Å². The van der Waals surface area contributed by atoms with E-state index < -0.39 is 0 Å². The highest BCUT2D eigenvalue weighted by Gasteiger charge is 2.05. The van der Waals surface area contributed by atoms with Gasteiger partial charge in [-0.25, -0.2) is 9.38 Å². The maximum Gasteiger partial charge on any atom is 0.191 e. The average molecular weight is 476 g/mol. The van der Waals surface area contributed by atoms with Gasteiger partial charge < -0.3 is 19.9 Å². The van der Waals surface area contributed by atoms with Crippen LogP contribution in [0.1, 0.15) is 25.2 Å². The maximum absolute atomic E-state index is 13.7. The van der Waals surface area contributed by atoms with Crippen molar-refractivity contribution in [3.63, 3.8) is 0 Å². The molecule has 0 fully saturated rings. The third-order valence-corrected chi connectivity index (χ3v) is 3.64. The minimum atomic E-state index is -0.382. The van der Waals surface area contributed by atoms with E-state index in [1.54, 1.807) is 18.5 Å². The summed E-state index contributed by atoms with van der Waals surface area (Å²) in [6, 6.07) is 4.86. The fourth-order valence-electron chi connectivity index (χ4n) is 2.35. The zero-order chi connectivity index (χ0) is 18.1. The van der Waals surface area contributed by atoms with Crippen LogP contribution in [-0.2, 0) is 19.5 Å². The third-order valence-electron chi connectivity index (χ3n) is 3.64. The van der Waals surface area contributed by atoms with Crippen molar-refractivity contribution in [2.75, 3.05) is 20.2 Å². The molecular formula is C17H26FIN6O. The van der Waals surface area contributed by atoms with Gasteiger partial charge in [-0.05, 0) is 24.6 Å². The number of aryl methyl sites for hydroxylation is 1. The second kappa shape index (κ2) is 11.7. The smallest absolute Gasteiger partial charge is 0.191 e. The molecule has 2 N–H and O–H groups in total. The number of aliphatic imine (C=N–C) groups is 1. The van der Waals surface area contributed by atoms with Crippen molar-refractivity contribution in [2.24, 2.45) is 4.99 Å². The second-order valence-corrected chi connectivity index (χ2v) is 5.38. The molecule has 2 aromatic rings. The molecule has 7 nitrogen and oxygen atoms in total. The van der Waals surface area contributed by atoms with Gasteiger partial charge in [-0.3, -0.25) is 0 Å². The summed E-state index contributed by atoms with van der Waals surface area (Å²) in [7, 11) is 1.45. The molecule has 0 aliphatic rings. The Morgan fingerprint density at radius 1 is 1.31 bits per heavy atom. The van der Waals surface area contributed by atoms with Crippen molar-refractivity contribution in [3.05, 3.63) is 41.7 Å². The molecule has 0 aliphatic carbocycles. The number of methoxy groups -OCH3 is 1. The summed E-state index contributed by atoms with van der Waals surface area (Å²) >= 11 is 0. The lowest BCUT2D eigenvalue weighted by atomic mass is 10.2. The Morgan fingerprint density at radius 2 is 2.12 bits per heavy atom. The van der Waals surface area contributed by atoms with Gasteiger partial charge in [-0.2, -0.15) is 0 Å². The Hall–Kier alpha value is -1.91. The topological polar surface area (TPSA) is 76.4 Å². The summed E-state index contributed by atoms with van der Waals surface area (Å²) in [5.74, 6) is 1.49. The van der Waals surface area contributed by atoms with Gasteiger partial charge >= 0.3 is 0 Å². The van der Waals surface area contributed by atoms with Crippen LogP contribution in [0.3, 0.4) is 0 Å². The highest BCUT2D eigenvalue weighted by Crippen LogP contribution is 2.17. The van der Waals surface area contributed by atoms with Gasteiger partial charge in [0, 0.05) is 26.1 Å². The largest absolute Gasteiger partial charge is 0.494 e. The Morgan fingerprint density at radius 3 is 2.77 bits per heavy atom. The molecule has 0 amide bonds. The van der Waals surface area contributed by atoms with Crippen molar-refractivity contribution in [2.45, 2.75) is 33.4 Å². The number of rotatable bonds is 8. The number of guanidine groups is 1. The molecule has 2 rings (SSSR count). The van der Waals surface area contributed by atoms with E-state index in [4.69, 9.17) is 4.74 Å². The van der Waals surface area contributed by atoms with E-state index in [2.05, 4.69) is 25.8 Å². The number of halogens is 2. The van der Waals surface area contributed by atoms with Gasteiger partial charge in [0.15, 0.2) is 17.5 Å². The van der Waals surface area contributed by atoms with Crippen molar-refractivity contribution in [1.29, 1.82) is 0 Å². The van der Waals surface area contributed by atoms with Crippen molar-refractivity contribution < 1.29 is 9.13 Å². The minimum Gasteiger partial charge on any atom is -0.494 e. The van der Waals surface area contributed by atoms with Crippen LogP contribution in [0.15, 0.2) is 29.5 Å². The fraction of sp³-hybridized carbons (Fsp3) is 0.471. The Bertz CT molecular complexity index is 706. The molecule has 0 radical (unpaired) electrons. The van der Waals surface area contributed by atoms with Crippen LogP contribution in [0, 0.1) is 5.82 Å². The third kappa shape index (κ3) is 6.43. The fourth-order valence-corrected chi connectivity index (χ4v) is 2.35. The van der Waals surface area contributed by atoms with Crippen LogP contribution >= 0.6 is 24.0 Å². The van der Waals surface area contributed by atoms with Gasteiger partial charge in [0.05, 0.1) is 13.7 Å². The maximum atomic E-state index is 13.7. The Balaban J connectivity index is 0.00000338. The lowest BCUT2D eigenvalue weighted by molar-refractivity contribution is 0.386. The first-order valence-corrected chi connectivity index (χ1v) is 8.39. The second-order valence-electron chi connectivity index (χ2n) is 5.38. The molecule has 1 aromatic carbocycles. The molecule has 0 aliphatic heterocycles. The van der Waals surface area contributed by atoms with Crippen LogP contribution in [-0.4, -0.2) is 40.9 Å². The van der Waals surface area contributed by atoms with Crippen LogP contribution in [0.25, 0.3) is 0 Å². The molecule has 1 aromatic heterocycles. The number of aromatic nitrogens is 3. The molecule has 144 valence electrons. The van der Waals surface area contributed by atoms with Gasteiger partial charge in [0.25, 0.3) is 0 Å². The van der Waals surface area contributed by atoms with E-state index in [1.165, 1.54) is 13.2 Å². The molecule has 26 heavy (non-hydrogen) atoms. The van der Waals surface area contributed by atoms with Gasteiger partial charge in [0.1, 0.15) is 12.2 Å². The van der Waals surface area contributed by atoms with Crippen molar-refractivity contribution in [1.82, 2.24) is 25.4 Å². The Labute approximate surface area is 170 Å². The zero-order valence-electron chi connectivity index (χ0n) is 15.3. The lowest BCUT2D eigenvalue weighted by Crippen LogP contribution is -2.38. The highest BCUT2D eigenvalue weighted by molar-refractivity contribution is 14.0. The molecule has 0 saturated carbocycles. The molecule has 1 heterocycles. The van der Waals surface area contributed by atoms with E-state index in [0.29, 0.717) is 19.0 Å². The van der Waals surface area contributed by atoms with Crippen LogP contribution in [0.5, 0.6) is 5.75 Å². The van der Waals surface area contributed by atoms with E-state index in [-0.39, 0.29) is 35.5 Å². The van der Waals surface area contributed by atoms with Crippen molar-refractivity contribution >= 4 is 29.9 Å². The summed E-state index contributed by atoms with van der Waals surface area (Å²) in [5.41, 5.74) is 0.780. The minimum absolute atomic E-state index is 0. The first kappa shape index (κ1) is 22.1. The summed E-state index contributed by atoms with van der Waals surface area (Å²) in [4.78, 5) is 4.49. The highest BCUT2D eigenvalue weighted by atomic mass is 127.